The van der Waals surface area contributed by atoms with Crippen molar-refractivity contribution in [1.82, 2.24) is 25.2 Å². The highest BCUT2D eigenvalue weighted by Gasteiger charge is 2.29. The van der Waals surface area contributed by atoms with Gasteiger partial charge in [0.1, 0.15) is 17.2 Å². The number of hydrogen-bond acceptors (Lipinski definition) is 7. The largest absolute Gasteiger partial charge is 0.457 e. The van der Waals surface area contributed by atoms with E-state index in [2.05, 4.69) is 20.3 Å². The Balaban J connectivity index is 1.54. The van der Waals surface area contributed by atoms with Gasteiger partial charge in [-0.2, -0.15) is 0 Å². The van der Waals surface area contributed by atoms with E-state index in [-0.39, 0.29) is 29.6 Å². The molecule has 35 heavy (non-hydrogen) atoms. The molecule has 5 rings (SSSR count). The number of ether oxygens (including phenoxy) is 1. The van der Waals surface area contributed by atoms with Gasteiger partial charge in [-0.1, -0.05) is 13.0 Å². The molecular weight excluding hydrogens is 470 g/mol. The second kappa shape index (κ2) is 8.84. The number of carbonyl (C=O) groups is 2. The van der Waals surface area contributed by atoms with E-state index in [0.717, 1.165) is 4.90 Å². The summed E-state index contributed by atoms with van der Waals surface area (Å²) >= 11 is 0. The molecule has 178 valence electrons. The molecule has 0 saturated carbocycles. The number of aromatic nitrogens is 3. The van der Waals surface area contributed by atoms with Crippen LogP contribution in [0.15, 0.2) is 65.7 Å². The number of nitrogens with zero attached hydrogens (tertiary/aromatic N) is 3. The van der Waals surface area contributed by atoms with Gasteiger partial charge in [-0.15, -0.1) is 0 Å². The number of hydrogen-bond donors (Lipinski definition) is 2. The summed E-state index contributed by atoms with van der Waals surface area (Å²) in [6.07, 6.45) is 1.67. The first-order valence-corrected chi connectivity index (χ1v) is 12.5. The van der Waals surface area contributed by atoms with Gasteiger partial charge in [-0.25, -0.2) is 18.2 Å². The zero-order chi connectivity index (χ0) is 24.6. The normalized spacial score (nSPS) is 13.9. The predicted molar refractivity (Wildman–Crippen MR) is 128 cm³/mol. The fourth-order valence-corrected chi connectivity index (χ4v) is 4.60. The maximum atomic E-state index is 12.2. The summed E-state index contributed by atoms with van der Waals surface area (Å²) in [5, 5.41) is 2.51. The van der Waals surface area contributed by atoms with Gasteiger partial charge in [0.05, 0.1) is 34.8 Å². The molecule has 4 aromatic rings. The van der Waals surface area contributed by atoms with Gasteiger partial charge in [0.15, 0.2) is 15.7 Å². The number of pyridine rings is 1. The number of imidazole rings is 1. The number of amides is 3. The van der Waals surface area contributed by atoms with Crippen LogP contribution in [-0.2, 0) is 21.2 Å². The van der Waals surface area contributed by atoms with E-state index in [0.29, 0.717) is 39.6 Å². The van der Waals surface area contributed by atoms with E-state index in [9.17, 15) is 18.0 Å². The lowest BCUT2D eigenvalue weighted by Crippen LogP contribution is -2.30. The summed E-state index contributed by atoms with van der Waals surface area (Å²) < 4.78 is 30.3. The molecule has 2 aromatic heterocycles. The lowest BCUT2D eigenvalue weighted by Gasteiger charge is -2.16. The average Bonchev–Trinajstić information content (AvgIpc) is 3.43. The monoisotopic (exact) mass is 491 g/mol. The lowest BCUT2D eigenvalue weighted by atomic mass is 10.1. The molecule has 1 aliphatic heterocycles. The number of fused-ring (bicyclic) bond motifs is 1. The lowest BCUT2D eigenvalue weighted by molar-refractivity contribution is -0.125. The van der Waals surface area contributed by atoms with Crippen molar-refractivity contribution in [3.8, 4) is 23.0 Å². The van der Waals surface area contributed by atoms with E-state index in [1.165, 1.54) is 12.1 Å². The molecule has 3 amide bonds. The third-order valence-electron chi connectivity index (χ3n) is 5.63. The van der Waals surface area contributed by atoms with Gasteiger partial charge in [0, 0.05) is 17.8 Å². The van der Waals surface area contributed by atoms with E-state index in [1.54, 1.807) is 37.4 Å². The summed E-state index contributed by atoms with van der Waals surface area (Å²) in [7, 11) is -3.34. The number of sulfone groups is 1. The number of nitrogens with one attached hydrogen (secondary N) is 2. The molecule has 1 fully saturated rings. The first-order chi connectivity index (χ1) is 16.8. The Hall–Kier alpha value is -4.25. The molecule has 1 saturated heterocycles. The fraction of sp³-hybridized carbons (Fsp3) is 0.167. The van der Waals surface area contributed by atoms with Crippen LogP contribution < -0.4 is 10.1 Å². The second-order valence-corrected chi connectivity index (χ2v) is 10.2. The van der Waals surface area contributed by atoms with Gasteiger partial charge in [-0.05, 0) is 42.5 Å². The van der Waals surface area contributed by atoms with Gasteiger partial charge in [-0.3, -0.25) is 14.7 Å². The van der Waals surface area contributed by atoms with Gasteiger partial charge in [0.2, 0.25) is 5.91 Å². The Morgan fingerprint density at radius 2 is 1.89 bits per heavy atom. The van der Waals surface area contributed by atoms with Crippen molar-refractivity contribution in [1.29, 1.82) is 0 Å². The number of imide groups is 1. The summed E-state index contributed by atoms with van der Waals surface area (Å²) in [6.45, 7) is 1.52. The molecule has 2 N–H and O–H groups in total. The highest BCUT2D eigenvalue weighted by atomic mass is 32.2. The molecule has 0 bridgehead atoms. The highest BCUT2D eigenvalue weighted by molar-refractivity contribution is 7.91. The Morgan fingerprint density at radius 3 is 2.54 bits per heavy atom. The number of urea groups is 1. The molecule has 11 heteroatoms. The third kappa shape index (κ3) is 4.45. The molecule has 3 heterocycles. The Labute approximate surface area is 200 Å². The molecule has 0 spiro atoms. The van der Waals surface area contributed by atoms with Crippen LogP contribution >= 0.6 is 0 Å². The molecule has 0 aliphatic carbocycles. The standard InChI is InChI=1S/C24H21N5O5S/c1-2-35(32,33)17-8-6-16(7-9-17)34-21-12-20-19(27-23(28-20)18-5-3-4-10-25-18)11-15(21)14-29-22(30)13-26-24(29)31/h3-12H,2,13-14H2,1H3,(H,26,31)(H,27,28). The molecule has 2 aromatic carbocycles. The molecule has 0 atom stereocenters. The topological polar surface area (TPSA) is 134 Å². The summed E-state index contributed by atoms with van der Waals surface area (Å²) in [6, 6.07) is 14.6. The van der Waals surface area contributed by atoms with Gasteiger partial charge >= 0.3 is 6.03 Å². The minimum atomic E-state index is -3.34. The Bertz CT molecular complexity index is 1520. The molecule has 0 unspecified atom stereocenters. The molecule has 0 radical (unpaired) electrons. The number of benzene rings is 2. The second-order valence-electron chi connectivity index (χ2n) is 7.89. The van der Waals surface area contributed by atoms with Crippen LogP contribution in [0.5, 0.6) is 11.5 Å². The van der Waals surface area contributed by atoms with Crippen LogP contribution in [-0.4, -0.2) is 52.5 Å². The first kappa shape index (κ1) is 22.5. The summed E-state index contributed by atoms with van der Waals surface area (Å²) in [4.78, 5) is 37.8. The smallest absolute Gasteiger partial charge is 0.324 e. The number of rotatable bonds is 7. The molecule has 1 aliphatic rings. The highest BCUT2D eigenvalue weighted by Crippen LogP contribution is 2.32. The number of aromatic amines is 1. The van der Waals surface area contributed by atoms with Crippen molar-refractivity contribution < 1.29 is 22.7 Å². The zero-order valence-electron chi connectivity index (χ0n) is 18.7. The van der Waals surface area contributed by atoms with Crippen molar-refractivity contribution in [2.45, 2.75) is 18.4 Å². The minimum absolute atomic E-state index is 0.00227. The van der Waals surface area contributed by atoms with Crippen LogP contribution in [0.3, 0.4) is 0 Å². The maximum absolute atomic E-state index is 12.2. The molecule has 10 nitrogen and oxygen atoms in total. The molecular formula is C24H21N5O5S. The average molecular weight is 492 g/mol. The van der Waals surface area contributed by atoms with Crippen molar-refractivity contribution in [2.24, 2.45) is 0 Å². The van der Waals surface area contributed by atoms with Crippen LogP contribution in [0, 0.1) is 0 Å². The van der Waals surface area contributed by atoms with Crippen LogP contribution in [0.2, 0.25) is 0 Å². The predicted octanol–water partition coefficient (Wildman–Crippen LogP) is 3.26. The third-order valence-corrected chi connectivity index (χ3v) is 7.38. The van der Waals surface area contributed by atoms with E-state index >= 15 is 0 Å². The minimum Gasteiger partial charge on any atom is -0.457 e. The van der Waals surface area contributed by atoms with Gasteiger partial charge in [0.25, 0.3) is 0 Å². The SMILES string of the molecule is CCS(=O)(=O)c1ccc(Oc2cc3nc(-c4ccccn4)[nH]c3cc2CN2C(=O)CNC2=O)cc1. The summed E-state index contributed by atoms with van der Waals surface area (Å²) in [5.74, 6) is 1.01. The van der Waals surface area contributed by atoms with Crippen LogP contribution in [0.4, 0.5) is 4.79 Å². The fourth-order valence-electron chi connectivity index (χ4n) is 3.72. The van der Waals surface area contributed by atoms with E-state index in [4.69, 9.17) is 4.74 Å². The Morgan fingerprint density at radius 1 is 1.09 bits per heavy atom. The van der Waals surface area contributed by atoms with Crippen LogP contribution in [0.25, 0.3) is 22.6 Å². The number of H-pyrrole nitrogens is 1. The quantitative estimate of drug-likeness (QED) is 0.379. The zero-order valence-corrected chi connectivity index (χ0v) is 19.5. The van der Waals surface area contributed by atoms with Crippen LogP contribution in [0.1, 0.15) is 12.5 Å². The van der Waals surface area contributed by atoms with Crippen molar-refractivity contribution in [2.75, 3.05) is 12.3 Å². The maximum Gasteiger partial charge on any atom is 0.324 e. The summed E-state index contributed by atoms with van der Waals surface area (Å²) in [5.41, 5.74) is 2.52. The van der Waals surface area contributed by atoms with Gasteiger partial charge < -0.3 is 15.0 Å². The van der Waals surface area contributed by atoms with E-state index < -0.39 is 15.9 Å². The van der Waals surface area contributed by atoms with Crippen molar-refractivity contribution in [3.63, 3.8) is 0 Å². The van der Waals surface area contributed by atoms with E-state index in [1.807, 2.05) is 18.2 Å². The number of carbonyl (C=O) groups excluding carboxylic acids is 2. The Kier molecular flexibility index (Phi) is 5.69. The van der Waals surface area contributed by atoms with Crippen molar-refractivity contribution >= 4 is 32.8 Å². The first-order valence-electron chi connectivity index (χ1n) is 10.9. The van der Waals surface area contributed by atoms with Crippen molar-refractivity contribution in [3.05, 3.63) is 66.4 Å².